The van der Waals surface area contributed by atoms with Gasteiger partial charge in [0.2, 0.25) is 0 Å². The Labute approximate surface area is 149 Å². The molecule has 8 heteroatoms. The third kappa shape index (κ3) is 3.97. The Morgan fingerprint density at radius 3 is 2.73 bits per heavy atom. The van der Waals surface area contributed by atoms with E-state index < -0.39 is 5.91 Å². The molecule has 0 radical (unpaired) electrons. The van der Waals surface area contributed by atoms with E-state index in [-0.39, 0.29) is 17.3 Å². The van der Waals surface area contributed by atoms with Crippen LogP contribution in [-0.4, -0.2) is 28.0 Å². The summed E-state index contributed by atoms with van der Waals surface area (Å²) in [5.74, 6) is 0.118. The second kappa shape index (κ2) is 7.64. The molecule has 134 valence electrons. The summed E-state index contributed by atoms with van der Waals surface area (Å²) in [7, 11) is 1.58. The first-order valence-electron chi connectivity index (χ1n) is 7.91. The lowest BCUT2D eigenvalue weighted by Gasteiger charge is -2.06. The highest BCUT2D eigenvalue weighted by Gasteiger charge is 2.17. The van der Waals surface area contributed by atoms with E-state index in [1.165, 1.54) is 16.8 Å². The zero-order chi connectivity index (χ0) is 18.5. The van der Waals surface area contributed by atoms with Crippen LogP contribution in [0.3, 0.4) is 0 Å². The van der Waals surface area contributed by atoms with Crippen LogP contribution in [0.15, 0.2) is 48.5 Å². The fourth-order valence-electron chi connectivity index (χ4n) is 2.41. The number of nitrogens with one attached hydrogen (secondary N) is 1. The molecule has 1 heterocycles. The Hall–Kier alpha value is -3.42. The van der Waals surface area contributed by atoms with Gasteiger partial charge >= 0.3 is 0 Å². The van der Waals surface area contributed by atoms with Crippen LogP contribution in [-0.2, 0) is 13.1 Å². The number of amides is 1. The minimum Gasteiger partial charge on any atom is -0.497 e. The molecule has 2 aromatic carbocycles. The first-order chi connectivity index (χ1) is 12.6. The number of nitrogens with two attached hydrogens (primary N) is 1. The van der Waals surface area contributed by atoms with E-state index in [0.717, 1.165) is 11.1 Å². The lowest BCUT2D eigenvalue weighted by atomic mass is 10.2. The molecule has 0 atom stereocenters. The number of hydrogen-bond donors (Lipinski definition) is 2. The Kier molecular flexibility index (Phi) is 5.12. The molecule has 0 aliphatic carbocycles. The van der Waals surface area contributed by atoms with Crippen LogP contribution in [0.4, 0.5) is 10.2 Å². The van der Waals surface area contributed by atoms with E-state index >= 15 is 0 Å². The van der Waals surface area contributed by atoms with Gasteiger partial charge in [0, 0.05) is 6.54 Å². The fourth-order valence-corrected chi connectivity index (χ4v) is 2.41. The molecular formula is C18H18FN5O2. The second-order valence-electron chi connectivity index (χ2n) is 5.64. The molecule has 26 heavy (non-hydrogen) atoms. The molecule has 3 rings (SSSR count). The number of ether oxygens (including phenoxy) is 1. The summed E-state index contributed by atoms with van der Waals surface area (Å²) in [5, 5.41) is 10.5. The van der Waals surface area contributed by atoms with Gasteiger partial charge in [0.1, 0.15) is 11.6 Å². The van der Waals surface area contributed by atoms with Crippen molar-refractivity contribution in [3.05, 3.63) is 71.2 Å². The van der Waals surface area contributed by atoms with Crippen molar-refractivity contribution in [2.75, 3.05) is 12.8 Å². The molecule has 0 aliphatic rings. The first-order valence-corrected chi connectivity index (χ1v) is 7.91. The quantitative estimate of drug-likeness (QED) is 0.705. The largest absolute Gasteiger partial charge is 0.497 e. The van der Waals surface area contributed by atoms with Crippen LogP contribution in [0.1, 0.15) is 21.6 Å². The number of nitrogen functional groups attached to an aromatic ring is 1. The summed E-state index contributed by atoms with van der Waals surface area (Å²) in [5.41, 5.74) is 7.71. The molecule has 1 amide bonds. The summed E-state index contributed by atoms with van der Waals surface area (Å²) in [6.07, 6.45) is 0. The Morgan fingerprint density at radius 2 is 2.00 bits per heavy atom. The van der Waals surface area contributed by atoms with Gasteiger partial charge in [-0.15, -0.1) is 5.10 Å². The number of rotatable bonds is 6. The molecule has 0 unspecified atom stereocenters. The number of aromatic nitrogens is 3. The zero-order valence-electron chi connectivity index (χ0n) is 14.1. The predicted octanol–water partition coefficient (Wildman–Crippen LogP) is 1.99. The minimum atomic E-state index is -0.421. The first kappa shape index (κ1) is 17.4. The molecule has 1 aromatic heterocycles. The van der Waals surface area contributed by atoms with Crippen LogP contribution in [0, 0.1) is 5.82 Å². The highest BCUT2D eigenvalue weighted by atomic mass is 19.1. The number of halogens is 1. The summed E-state index contributed by atoms with van der Waals surface area (Å²) in [6, 6.07) is 13.3. The van der Waals surface area contributed by atoms with Crippen LogP contribution in [0.2, 0.25) is 0 Å². The van der Waals surface area contributed by atoms with Crippen molar-refractivity contribution < 1.29 is 13.9 Å². The number of carbonyl (C=O) groups is 1. The fraction of sp³-hybridized carbons (Fsp3) is 0.167. The molecule has 3 N–H and O–H groups in total. The van der Waals surface area contributed by atoms with Crippen LogP contribution >= 0.6 is 0 Å². The lowest BCUT2D eigenvalue weighted by molar-refractivity contribution is 0.0946. The summed E-state index contributed by atoms with van der Waals surface area (Å²) >= 11 is 0. The number of benzene rings is 2. The number of methoxy groups -OCH3 is 1. The van der Waals surface area contributed by atoms with E-state index in [2.05, 4.69) is 15.6 Å². The van der Waals surface area contributed by atoms with Crippen LogP contribution in [0.5, 0.6) is 5.75 Å². The Morgan fingerprint density at radius 1 is 1.23 bits per heavy atom. The number of hydrogen-bond acceptors (Lipinski definition) is 5. The third-order valence-corrected chi connectivity index (χ3v) is 3.82. The number of nitrogens with zero attached hydrogens (tertiary/aromatic N) is 3. The van der Waals surface area contributed by atoms with Crippen molar-refractivity contribution in [2.24, 2.45) is 0 Å². The molecule has 0 spiro atoms. The van der Waals surface area contributed by atoms with Crippen molar-refractivity contribution >= 4 is 11.7 Å². The normalized spacial score (nSPS) is 10.5. The molecule has 0 saturated heterocycles. The van der Waals surface area contributed by atoms with Crippen molar-refractivity contribution in [3.63, 3.8) is 0 Å². The van der Waals surface area contributed by atoms with E-state index in [9.17, 15) is 9.18 Å². The summed E-state index contributed by atoms with van der Waals surface area (Å²) in [6.45, 7) is 0.600. The maximum absolute atomic E-state index is 13.0. The van der Waals surface area contributed by atoms with Gasteiger partial charge in [-0.05, 0) is 35.4 Å². The monoisotopic (exact) mass is 355 g/mol. The summed E-state index contributed by atoms with van der Waals surface area (Å²) < 4.78 is 19.5. The standard InChI is InChI=1S/C18H18FN5O2/c1-26-15-4-2-3-13(9-15)10-21-18(25)16-17(20)24(23-22-16)11-12-5-7-14(19)8-6-12/h2-9H,10-11,20H2,1H3,(H,21,25). The number of anilines is 1. The van der Waals surface area contributed by atoms with Gasteiger partial charge in [-0.3, -0.25) is 4.79 Å². The van der Waals surface area contributed by atoms with E-state index in [0.29, 0.717) is 18.8 Å². The highest BCUT2D eigenvalue weighted by Crippen LogP contribution is 2.14. The van der Waals surface area contributed by atoms with E-state index in [4.69, 9.17) is 10.5 Å². The minimum absolute atomic E-state index is 0.0509. The van der Waals surface area contributed by atoms with Gasteiger partial charge in [0.05, 0.1) is 13.7 Å². The van der Waals surface area contributed by atoms with Gasteiger partial charge in [-0.2, -0.15) is 0 Å². The third-order valence-electron chi connectivity index (χ3n) is 3.82. The Bertz CT molecular complexity index is 908. The average Bonchev–Trinajstić information content (AvgIpc) is 3.02. The van der Waals surface area contributed by atoms with Crippen LogP contribution < -0.4 is 15.8 Å². The van der Waals surface area contributed by atoms with Gasteiger partial charge < -0.3 is 15.8 Å². The van der Waals surface area contributed by atoms with Gasteiger partial charge in [0.25, 0.3) is 5.91 Å². The molecule has 0 saturated carbocycles. The van der Waals surface area contributed by atoms with Crippen molar-refractivity contribution in [1.29, 1.82) is 0 Å². The average molecular weight is 355 g/mol. The predicted molar refractivity (Wildman–Crippen MR) is 94.1 cm³/mol. The molecule has 0 aliphatic heterocycles. The molecule has 0 fully saturated rings. The maximum atomic E-state index is 13.0. The van der Waals surface area contributed by atoms with E-state index in [1.807, 2.05) is 24.3 Å². The van der Waals surface area contributed by atoms with Crippen molar-refractivity contribution in [2.45, 2.75) is 13.1 Å². The zero-order valence-corrected chi connectivity index (χ0v) is 14.1. The molecule has 0 bridgehead atoms. The SMILES string of the molecule is COc1cccc(CNC(=O)c2nnn(Cc3ccc(F)cc3)c2N)c1. The maximum Gasteiger partial charge on any atom is 0.275 e. The van der Waals surface area contributed by atoms with Crippen molar-refractivity contribution in [3.8, 4) is 5.75 Å². The second-order valence-corrected chi connectivity index (χ2v) is 5.64. The Balaban J connectivity index is 1.66. The highest BCUT2D eigenvalue weighted by molar-refractivity contribution is 5.96. The van der Waals surface area contributed by atoms with Gasteiger partial charge in [0.15, 0.2) is 11.5 Å². The molecular weight excluding hydrogens is 337 g/mol. The van der Waals surface area contributed by atoms with Crippen LogP contribution in [0.25, 0.3) is 0 Å². The van der Waals surface area contributed by atoms with Crippen molar-refractivity contribution in [1.82, 2.24) is 20.3 Å². The van der Waals surface area contributed by atoms with Gasteiger partial charge in [-0.25, -0.2) is 9.07 Å². The van der Waals surface area contributed by atoms with E-state index in [1.54, 1.807) is 19.2 Å². The van der Waals surface area contributed by atoms with Gasteiger partial charge in [-0.1, -0.05) is 29.5 Å². The number of carbonyl (C=O) groups excluding carboxylic acids is 1. The topological polar surface area (TPSA) is 95.1 Å². The lowest BCUT2D eigenvalue weighted by Crippen LogP contribution is -2.24. The smallest absolute Gasteiger partial charge is 0.275 e. The molecule has 3 aromatic rings. The molecule has 7 nitrogen and oxygen atoms in total. The summed E-state index contributed by atoms with van der Waals surface area (Å²) in [4.78, 5) is 12.3.